The first-order valence-electron chi connectivity index (χ1n) is 6.47. The van der Waals surface area contributed by atoms with Crippen molar-refractivity contribution in [3.63, 3.8) is 0 Å². The largest absolute Gasteiger partial charge is 0.326 e. The SMILES string of the molecule is CCNC(c1ccc2c(c1)CC(=O)N2)c1cccs1. The van der Waals surface area contributed by atoms with Gasteiger partial charge in [-0.05, 0) is 35.2 Å². The summed E-state index contributed by atoms with van der Waals surface area (Å²) in [5.41, 5.74) is 3.27. The molecule has 19 heavy (non-hydrogen) atoms. The zero-order valence-electron chi connectivity index (χ0n) is 10.8. The Kier molecular flexibility index (Phi) is 3.36. The predicted octanol–water partition coefficient (Wildman–Crippen LogP) is 2.94. The topological polar surface area (TPSA) is 41.1 Å². The Bertz CT molecular complexity index is 592. The van der Waals surface area contributed by atoms with Crippen LogP contribution in [0.1, 0.15) is 29.0 Å². The highest BCUT2D eigenvalue weighted by Crippen LogP contribution is 2.31. The van der Waals surface area contributed by atoms with Crippen molar-refractivity contribution in [3.05, 3.63) is 51.7 Å². The highest BCUT2D eigenvalue weighted by atomic mass is 32.1. The van der Waals surface area contributed by atoms with Gasteiger partial charge in [0.1, 0.15) is 0 Å². The van der Waals surface area contributed by atoms with Crippen molar-refractivity contribution in [2.45, 2.75) is 19.4 Å². The molecule has 1 atom stereocenters. The summed E-state index contributed by atoms with van der Waals surface area (Å²) in [5.74, 6) is 0.0864. The summed E-state index contributed by atoms with van der Waals surface area (Å²) >= 11 is 1.75. The molecule has 0 radical (unpaired) electrons. The molecule has 0 bridgehead atoms. The molecule has 0 saturated carbocycles. The molecule has 3 rings (SSSR count). The van der Waals surface area contributed by atoms with E-state index in [-0.39, 0.29) is 11.9 Å². The normalized spacial score (nSPS) is 15.1. The van der Waals surface area contributed by atoms with Gasteiger partial charge in [0.25, 0.3) is 0 Å². The number of fused-ring (bicyclic) bond motifs is 1. The minimum atomic E-state index is 0.0864. The Balaban J connectivity index is 1.96. The lowest BCUT2D eigenvalue weighted by molar-refractivity contribution is -0.115. The van der Waals surface area contributed by atoms with Crippen LogP contribution in [0.15, 0.2) is 35.7 Å². The molecule has 2 N–H and O–H groups in total. The van der Waals surface area contributed by atoms with E-state index in [4.69, 9.17) is 0 Å². The van der Waals surface area contributed by atoms with Gasteiger partial charge in [-0.2, -0.15) is 0 Å². The third-order valence-electron chi connectivity index (χ3n) is 3.32. The number of rotatable bonds is 4. The Morgan fingerprint density at radius 1 is 1.42 bits per heavy atom. The Morgan fingerprint density at radius 3 is 3.05 bits per heavy atom. The molecule has 1 unspecified atom stereocenters. The van der Waals surface area contributed by atoms with Crippen LogP contribution >= 0.6 is 11.3 Å². The lowest BCUT2D eigenvalue weighted by Gasteiger charge is -2.17. The molecule has 1 aliphatic heterocycles. The van der Waals surface area contributed by atoms with E-state index in [9.17, 15) is 4.79 Å². The Hall–Kier alpha value is -1.65. The number of amides is 1. The van der Waals surface area contributed by atoms with Crippen LogP contribution in [0.25, 0.3) is 0 Å². The standard InChI is InChI=1S/C15H16N2OS/c1-2-16-15(13-4-3-7-19-13)10-5-6-12-11(8-10)9-14(18)17-12/h3-8,15-16H,2,9H2,1H3,(H,17,18). The van der Waals surface area contributed by atoms with Crippen molar-refractivity contribution in [1.29, 1.82) is 0 Å². The van der Waals surface area contributed by atoms with Crippen LogP contribution in [0.2, 0.25) is 0 Å². The number of anilines is 1. The molecule has 0 fully saturated rings. The van der Waals surface area contributed by atoms with Gasteiger partial charge in [0.2, 0.25) is 5.91 Å². The number of hydrogen-bond donors (Lipinski definition) is 2. The average Bonchev–Trinajstić information content (AvgIpc) is 3.02. The highest BCUT2D eigenvalue weighted by Gasteiger charge is 2.20. The fourth-order valence-electron chi connectivity index (χ4n) is 2.47. The molecule has 98 valence electrons. The monoisotopic (exact) mass is 272 g/mol. The van der Waals surface area contributed by atoms with Crippen LogP contribution in [0, 0.1) is 0 Å². The smallest absolute Gasteiger partial charge is 0.228 e. The van der Waals surface area contributed by atoms with Crippen LogP contribution in [-0.2, 0) is 11.2 Å². The number of nitrogens with one attached hydrogen (secondary N) is 2. The summed E-state index contributed by atoms with van der Waals surface area (Å²) in [6, 6.07) is 10.7. The molecule has 2 aromatic rings. The third-order valence-corrected chi connectivity index (χ3v) is 4.26. The van der Waals surface area contributed by atoms with Gasteiger partial charge in [0.15, 0.2) is 0 Å². The van der Waals surface area contributed by atoms with Crippen LogP contribution < -0.4 is 10.6 Å². The minimum Gasteiger partial charge on any atom is -0.326 e. The van der Waals surface area contributed by atoms with Gasteiger partial charge in [-0.15, -0.1) is 11.3 Å². The maximum atomic E-state index is 11.4. The average molecular weight is 272 g/mol. The highest BCUT2D eigenvalue weighted by molar-refractivity contribution is 7.10. The number of carbonyl (C=O) groups excluding carboxylic acids is 1. The number of carbonyl (C=O) groups is 1. The van der Waals surface area contributed by atoms with Gasteiger partial charge >= 0.3 is 0 Å². The van der Waals surface area contributed by atoms with E-state index < -0.39 is 0 Å². The zero-order chi connectivity index (χ0) is 13.2. The first-order chi connectivity index (χ1) is 9.28. The molecule has 1 aliphatic rings. The fraction of sp³-hybridized carbons (Fsp3) is 0.267. The summed E-state index contributed by atoms with van der Waals surface area (Å²) in [5, 5.41) is 8.48. The molecule has 1 aromatic carbocycles. The van der Waals surface area contributed by atoms with E-state index in [1.165, 1.54) is 10.4 Å². The summed E-state index contributed by atoms with van der Waals surface area (Å²) in [4.78, 5) is 12.7. The van der Waals surface area contributed by atoms with E-state index in [1.54, 1.807) is 11.3 Å². The van der Waals surface area contributed by atoms with E-state index in [2.05, 4.69) is 47.2 Å². The van der Waals surface area contributed by atoms with Crippen molar-refractivity contribution < 1.29 is 4.79 Å². The summed E-state index contributed by atoms with van der Waals surface area (Å²) in [7, 11) is 0. The maximum Gasteiger partial charge on any atom is 0.228 e. The number of benzene rings is 1. The maximum absolute atomic E-state index is 11.4. The van der Waals surface area contributed by atoms with E-state index >= 15 is 0 Å². The lowest BCUT2D eigenvalue weighted by atomic mass is 10.0. The second kappa shape index (κ2) is 5.15. The molecular weight excluding hydrogens is 256 g/mol. The van der Waals surface area contributed by atoms with Crippen LogP contribution in [0.5, 0.6) is 0 Å². The number of hydrogen-bond acceptors (Lipinski definition) is 3. The molecule has 3 nitrogen and oxygen atoms in total. The number of thiophene rings is 1. The van der Waals surface area contributed by atoms with Gasteiger partial charge in [0.05, 0.1) is 12.5 Å². The molecule has 0 spiro atoms. The first-order valence-corrected chi connectivity index (χ1v) is 7.35. The van der Waals surface area contributed by atoms with Crippen molar-refractivity contribution in [2.75, 3.05) is 11.9 Å². The summed E-state index contributed by atoms with van der Waals surface area (Å²) < 4.78 is 0. The second-order valence-corrected chi connectivity index (χ2v) is 5.63. The van der Waals surface area contributed by atoms with E-state index in [0.29, 0.717) is 6.42 Å². The van der Waals surface area contributed by atoms with Gasteiger partial charge < -0.3 is 10.6 Å². The van der Waals surface area contributed by atoms with Crippen molar-refractivity contribution in [3.8, 4) is 0 Å². The van der Waals surface area contributed by atoms with Crippen molar-refractivity contribution in [1.82, 2.24) is 5.32 Å². The van der Waals surface area contributed by atoms with Crippen LogP contribution in [0.4, 0.5) is 5.69 Å². The zero-order valence-corrected chi connectivity index (χ0v) is 11.6. The quantitative estimate of drug-likeness (QED) is 0.898. The van der Waals surface area contributed by atoms with E-state index in [1.807, 2.05) is 6.07 Å². The molecule has 0 aliphatic carbocycles. The van der Waals surface area contributed by atoms with Crippen LogP contribution in [0.3, 0.4) is 0 Å². The van der Waals surface area contributed by atoms with Crippen molar-refractivity contribution in [2.24, 2.45) is 0 Å². The fourth-order valence-corrected chi connectivity index (χ4v) is 3.30. The molecular formula is C15H16N2OS. The van der Waals surface area contributed by atoms with Crippen molar-refractivity contribution >= 4 is 22.9 Å². The second-order valence-electron chi connectivity index (χ2n) is 4.65. The molecule has 0 saturated heterocycles. The first kappa shape index (κ1) is 12.4. The van der Waals surface area contributed by atoms with Gasteiger partial charge in [-0.25, -0.2) is 0 Å². The Labute approximate surface area is 116 Å². The van der Waals surface area contributed by atoms with Gasteiger partial charge in [0, 0.05) is 10.6 Å². The Morgan fingerprint density at radius 2 is 2.32 bits per heavy atom. The molecule has 4 heteroatoms. The molecule has 1 aromatic heterocycles. The van der Waals surface area contributed by atoms with E-state index in [0.717, 1.165) is 17.8 Å². The minimum absolute atomic E-state index is 0.0864. The van der Waals surface area contributed by atoms with Crippen LogP contribution in [-0.4, -0.2) is 12.5 Å². The lowest BCUT2D eigenvalue weighted by Crippen LogP contribution is -2.21. The third kappa shape index (κ3) is 2.41. The molecule has 2 heterocycles. The summed E-state index contributed by atoms with van der Waals surface area (Å²) in [6.45, 7) is 3.02. The van der Waals surface area contributed by atoms with Gasteiger partial charge in [-0.3, -0.25) is 4.79 Å². The van der Waals surface area contributed by atoms with Gasteiger partial charge in [-0.1, -0.05) is 25.1 Å². The predicted molar refractivity (Wildman–Crippen MR) is 78.6 cm³/mol. The molecule has 1 amide bonds. The summed E-state index contributed by atoms with van der Waals surface area (Å²) in [6.07, 6.45) is 0.493.